The Labute approximate surface area is 234 Å². The van der Waals surface area contributed by atoms with E-state index >= 15 is 0 Å². The lowest BCUT2D eigenvalue weighted by atomic mass is 9.66. The van der Waals surface area contributed by atoms with Crippen LogP contribution in [-0.4, -0.2) is 21.9 Å². The van der Waals surface area contributed by atoms with Gasteiger partial charge in [0.1, 0.15) is 18.1 Å². The minimum absolute atomic E-state index is 0.00129. The Bertz CT molecular complexity index is 1540. The second-order valence-corrected chi connectivity index (χ2v) is 11.5. The van der Waals surface area contributed by atoms with Crippen molar-refractivity contribution in [1.29, 1.82) is 0 Å². The van der Waals surface area contributed by atoms with Crippen molar-refractivity contribution in [2.75, 3.05) is 0 Å². The zero-order chi connectivity index (χ0) is 27.7. The second kappa shape index (κ2) is 10.9. The summed E-state index contributed by atoms with van der Waals surface area (Å²) in [4.78, 5) is 30.5. The Hall–Kier alpha value is -4.03. The van der Waals surface area contributed by atoms with Gasteiger partial charge in [-0.05, 0) is 79.3 Å². The first-order valence-corrected chi connectivity index (χ1v) is 14.0. The van der Waals surface area contributed by atoms with Gasteiger partial charge in [-0.2, -0.15) is 0 Å². The monoisotopic (exact) mass is 534 g/mol. The third-order valence-electron chi connectivity index (χ3n) is 8.86. The number of nitrogens with one attached hydrogen (secondary N) is 1. The van der Waals surface area contributed by atoms with Gasteiger partial charge in [0.15, 0.2) is 0 Å². The fourth-order valence-electron chi connectivity index (χ4n) is 6.50. The highest BCUT2D eigenvalue weighted by Gasteiger charge is 2.59. The lowest BCUT2D eigenvalue weighted by Crippen LogP contribution is -2.34. The highest BCUT2D eigenvalue weighted by atomic mass is 16.5. The zero-order valence-electron chi connectivity index (χ0n) is 22.7. The van der Waals surface area contributed by atoms with Crippen LogP contribution in [0.2, 0.25) is 0 Å². The number of pyridine rings is 1. The smallest absolute Gasteiger partial charge is 0.247 e. The summed E-state index contributed by atoms with van der Waals surface area (Å²) < 4.78 is 6.13. The molecule has 4 atom stereocenters. The molecule has 1 heterocycles. The SMILES string of the molecule is Cc1cc(COc2ccc(C[C@]3(CC(=O)C4CCC4c4ccccc4)C[C@@H]3C(=O)NO)cc2)c2ccccc2n1. The number of carbonyl (C=O) groups is 2. The van der Waals surface area contributed by atoms with Crippen molar-refractivity contribution in [1.82, 2.24) is 10.5 Å². The molecule has 2 unspecified atom stereocenters. The van der Waals surface area contributed by atoms with E-state index in [1.54, 1.807) is 0 Å². The summed E-state index contributed by atoms with van der Waals surface area (Å²) in [5, 5.41) is 10.4. The Morgan fingerprint density at radius 1 is 1.00 bits per heavy atom. The third-order valence-corrected chi connectivity index (χ3v) is 8.86. The van der Waals surface area contributed by atoms with Gasteiger partial charge in [-0.1, -0.05) is 60.7 Å². The summed E-state index contributed by atoms with van der Waals surface area (Å²) >= 11 is 0. The van der Waals surface area contributed by atoms with E-state index in [2.05, 4.69) is 29.2 Å². The number of ketones is 1. The van der Waals surface area contributed by atoms with E-state index < -0.39 is 11.3 Å². The Kier molecular flexibility index (Phi) is 7.11. The molecule has 204 valence electrons. The number of hydroxylamine groups is 1. The van der Waals surface area contributed by atoms with Crippen molar-refractivity contribution in [3.63, 3.8) is 0 Å². The Morgan fingerprint density at radius 2 is 1.75 bits per heavy atom. The number of fused-ring (bicyclic) bond motifs is 1. The van der Waals surface area contributed by atoms with Crippen LogP contribution in [-0.2, 0) is 22.6 Å². The molecule has 0 saturated heterocycles. The van der Waals surface area contributed by atoms with Gasteiger partial charge >= 0.3 is 0 Å². The van der Waals surface area contributed by atoms with Gasteiger partial charge in [-0.3, -0.25) is 19.8 Å². The minimum Gasteiger partial charge on any atom is -0.489 e. The fourth-order valence-corrected chi connectivity index (χ4v) is 6.50. The number of hydrogen-bond donors (Lipinski definition) is 2. The average Bonchev–Trinajstić information content (AvgIpc) is 3.64. The molecule has 0 spiro atoms. The molecule has 0 bridgehead atoms. The van der Waals surface area contributed by atoms with Crippen molar-refractivity contribution in [2.24, 2.45) is 17.3 Å². The maximum atomic E-state index is 13.5. The number of para-hydroxylation sites is 1. The van der Waals surface area contributed by atoms with Gasteiger partial charge < -0.3 is 4.74 Å². The zero-order valence-corrected chi connectivity index (χ0v) is 22.7. The number of carbonyl (C=O) groups excluding carboxylic acids is 2. The van der Waals surface area contributed by atoms with Gasteiger partial charge in [-0.25, -0.2) is 5.48 Å². The standard InChI is InChI=1S/C34H34N2O4/c1-22-17-25(28-9-5-6-10-31(28)35-22)21-40-26-13-11-23(12-14-26)18-34(19-30(34)33(38)36-39)20-32(37)29-16-15-27(29)24-7-3-2-4-8-24/h2-14,17,27,29-30,39H,15-16,18-21H2,1H3,(H,36,38)/t27?,29?,30-,34-/m1/s1. The quantitative estimate of drug-likeness (QED) is 0.183. The number of rotatable bonds is 10. The normalized spacial score (nSPS) is 23.3. The molecule has 6 heteroatoms. The molecule has 1 aromatic heterocycles. The van der Waals surface area contributed by atoms with Crippen LogP contribution in [0.3, 0.4) is 0 Å². The van der Waals surface area contributed by atoms with E-state index in [1.165, 1.54) is 5.56 Å². The summed E-state index contributed by atoms with van der Waals surface area (Å²) in [6, 6.07) is 28.3. The molecule has 2 aliphatic carbocycles. The number of aromatic nitrogens is 1. The maximum Gasteiger partial charge on any atom is 0.247 e. The van der Waals surface area contributed by atoms with Crippen molar-refractivity contribution in [3.8, 4) is 5.75 Å². The third kappa shape index (κ3) is 5.24. The Balaban J connectivity index is 1.13. The summed E-state index contributed by atoms with van der Waals surface area (Å²) in [6.07, 6.45) is 3.47. The highest BCUT2D eigenvalue weighted by Crippen LogP contribution is 2.59. The van der Waals surface area contributed by atoms with Crippen LogP contribution in [0.5, 0.6) is 5.75 Å². The van der Waals surface area contributed by atoms with Crippen LogP contribution in [0.1, 0.15) is 54.0 Å². The molecule has 2 aliphatic rings. The van der Waals surface area contributed by atoms with E-state index in [0.717, 1.165) is 46.3 Å². The molecule has 0 aliphatic heterocycles. The van der Waals surface area contributed by atoms with Crippen LogP contribution in [0.25, 0.3) is 10.9 Å². The number of aryl methyl sites for hydroxylation is 1. The number of ether oxygens (including phenoxy) is 1. The van der Waals surface area contributed by atoms with Crippen LogP contribution < -0.4 is 10.2 Å². The largest absolute Gasteiger partial charge is 0.489 e. The first kappa shape index (κ1) is 26.2. The number of nitrogens with zero attached hydrogens (tertiary/aromatic N) is 1. The van der Waals surface area contributed by atoms with Crippen molar-refractivity contribution < 1.29 is 19.5 Å². The maximum absolute atomic E-state index is 13.5. The summed E-state index contributed by atoms with van der Waals surface area (Å²) in [6.45, 7) is 2.42. The lowest BCUT2D eigenvalue weighted by molar-refractivity contribution is -0.132. The number of hydrogen-bond acceptors (Lipinski definition) is 5. The molecular weight excluding hydrogens is 500 g/mol. The molecule has 2 saturated carbocycles. The Morgan fingerprint density at radius 3 is 2.48 bits per heavy atom. The number of amides is 1. The molecule has 40 heavy (non-hydrogen) atoms. The van der Waals surface area contributed by atoms with Gasteiger partial charge in [0, 0.05) is 34.9 Å². The molecule has 2 N–H and O–H groups in total. The highest BCUT2D eigenvalue weighted by molar-refractivity contribution is 5.88. The number of benzene rings is 3. The topological polar surface area (TPSA) is 88.5 Å². The second-order valence-electron chi connectivity index (χ2n) is 11.5. The predicted molar refractivity (Wildman–Crippen MR) is 153 cm³/mol. The van der Waals surface area contributed by atoms with E-state index in [4.69, 9.17) is 4.74 Å². The molecule has 1 amide bonds. The molecule has 2 fully saturated rings. The molecule has 6 nitrogen and oxygen atoms in total. The van der Waals surface area contributed by atoms with Crippen LogP contribution in [0.15, 0.2) is 84.9 Å². The van der Waals surface area contributed by atoms with E-state index in [9.17, 15) is 14.8 Å². The lowest BCUT2D eigenvalue weighted by Gasteiger charge is -2.37. The van der Waals surface area contributed by atoms with E-state index in [0.29, 0.717) is 25.9 Å². The van der Waals surface area contributed by atoms with Crippen molar-refractivity contribution in [3.05, 3.63) is 107 Å². The fraction of sp³-hybridized carbons (Fsp3) is 0.324. The van der Waals surface area contributed by atoms with Crippen LogP contribution in [0.4, 0.5) is 0 Å². The molecular formula is C34H34N2O4. The first-order chi connectivity index (χ1) is 19.5. The van der Waals surface area contributed by atoms with Gasteiger partial charge in [0.25, 0.3) is 0 Å². The van der Waals surface area contributed by atoms with Gasteiger partial charge in [-0.15, -0.1) is 0 Å². The molecule has 6 rings (SSSR count). The summed E-state index contributed by atoms with van der Waals surface area (Å²) in [5.74, 6) is 0.478. The summed E-state index contributed by atoms with van der Waals surface area (Å²) in [5.41, 5.74) is 6.62. The molecule has 3 aromatic carbocycles. The van der Waals surface area contributed by atoms with Gasteiger partial charge in [0.2, 0.25) is 5.91 Å². The molecule has 0 radical (unpaired) electrons. The van der Waals surface area contributed by atoms with Crippen LogP contribution >= 0.6 is 0 Å². The van der Waals surface area contributed by atoms with Crippen molar-refractivity contribution in [2.45, 2.75) is 51.6 Å². The number of Topliss-reactive ketones (excluding diaryl/α,β-unsaturated/α-hetero) is 1. The molecule has 4 aromatic rings. The van der Waals surface area contributed by atoms with Crippen molar-refractivity contribution >= 4 is 22.6 Å². The summed E-state index contributed by atoms with van der Waals surface area (Å²) in [7, 11) is 0. The average molecular weight is 535 g/mol. The van der Waals surface area contributed by atoms with E-state index in [-0.39, 0.29) is 23.5 Å². The minimum atomic E-state index is -0.462. The van der Waals surface area contributed by atoms with E-state index in [1.807, 2.05) is 73.1 Å². The first-order valence-electron chi connectivity index (χ1n) is 14.0. The predicted octanol–water partition coefficient (Wildman–Crippen LogP) is 6.33. The van der Waals surface area contributed by atoms with Gasteiger partial charge in [0.05, 0.1) is 5.52 Å². The van der Waals surface area contributed by atoms with Crippen LogP contribution in [0, 0.1) is 24.2 Å².